The van der Waals surface area contributed by atoms with E-state index in [0.29, 0.717) is 16.6 Å². The van der Waals surface area contributed by atoms with Crippen LogP contribution in [0.2, 0.25) is 0 Å². The van der Waals surface area contributed by atoms with Crippen LogP contribution < -0.4 is 10.9 Å². The van der Waals surface area contributed by atoms with Crippen molar-refractivity contribution in [3.05, 3.63) is 52.6 Å². The number of nitrogens with zero attached hydrogens (tertiary/aromatic N) is 4. The van der Waals surface area contributed by atoms with Crippen molar-refractivity contribution in [2.75, 3.05) is 11.9 Å². The third kappa shape index (κ3) is 3.71. The predicted octanol–water partition coefficient (Wildman–Crippen LogP) is 1.51. The summed E-state index contributed by atoms with van der Waals surface area (Å²) >= 11 is 0. The van der Waals surface area contributed by atoms with Crippen molar-refractivity contribution in [1.29, 1.82) is 0 Å². The number of fused-ring (bicyclic) bond motifs is 1. The minimum absolute atomic E-state index is 0.0206. The number of nitrogens with one attached hydrogen (secondary N) is 1. The molecule has 27 heavy (non-hydrogen) atoms. The van der Waals surface area contributed by atoms with Crippen LogP contribution in [0.5, 0.6) is 0 Å². The summed E-state index contributed by atoms with van der Waals surface area (Å²) in [6.45, 7) is 3.37. The fraction of sp³-hybridized carbons (Fsp3) is 0.278. The van der Waals surface area contributed by atoms with E-state index >= 15 is 0 Å². The molecule has 9 nitrogen and oxygen atoms in total. The van der Waals surface area contributed by atoms with Crippen LogP contribution in [-0.4, -0.2) is 38.0 Å². The minimum atomic E-state index is -0.783. The molecular weight excluding hydrogens is 350 g/mol. The van der Waals surface area contributed by atoms with Crippen molar-refractivity contribution < 1.29 is 14.3 Å². The van der Waals surface area contributed by atoms with Crippen molar-refractivity contribution in [3.63, 3.8) is 0 Å². The SMILES string of the molecule is CC(C)n1nccc1NC(=O)COC(=O)c1nn(C)c(=O)c2ccccc12. The maximum atomic E-state index is 12.4. The summed E-state index contributed by atoms with van der Waals surface area (Å²) in [5, 5.41) is 11.5. The number of benzene rings is 1. The van der Waals surface area contributed by atoms with Crippen LogP contribution in [0, 0.1) is 0 Å². The number of ether oxygens (including phenoxy) is 1. The van der Waals surface area contributed by atoms with Gasteiger partial charge in [-0.15, -0.1) is 0 Å². The van der Waals surface area contributed by atoms with E-state index in [2.05, 4.69) is 15.5 Å². The first-order valence-corrected chi connectivity index (χ1v) is 8.35. The molecule has 1 amide bonds. The number of aromatic nitrogens is 4. The molecule has 0 unspecified atom stereocenters. The second kappa shape index (κ2) is 7.40. The van der Waals surface area contributed by atoms with E-state index in [4.69, 9.17) is 4.74 Å². The third-order valence-corrected chi connectivity index (χ3v) is 3.91. The summed E-state index contributed by atoms with van der Waals surface area (Å²) in [4.78, 5) is 36.6. The number of rotatable bonds is 5. The van der Waals surface area contributed by atoms with Gasteiger partial charge in [-0.3, -0.25) is 9.59 Å². The van der Waals surface area contributed by atoms with Crippen LogP contribution in [0.15, 0.2) is 41.3 Å². The van der Waals surface area contributed by atoms with Crippen molar-refractivity contribution in [1.82, 2.24) is 19.6 Å². The van der Waals surface area contributed by atoms with E-state index in [9.17, 15) is 14.4 Å². The van der Waals surface area contributed by atoms with Crippen molar-refractivity contribution >= 4 is 28.5 Å². The first-order chi connectivity index (χ1) is 12.9. The first-order valence-electron chi connectivity index (χ1n) is 8.35. The second-order valence-electron chi connectivity index (χ2n) is 6.20. The first kappa shape index (κ1) is 18.3. The Balaban J connectivity index is 1.74. The number of anilines is 1. The summed E-state index contributed by atoms with van der Waals surface area (Å²) < 4.78 is 7.79. The Kier molecular flexibility index (Phi) is 5.02. The molecule has 9 heteroatoms. The molecule has 0 radical (unpaired) electrons. The van der Waals surface area contributed by atoms with Crippen LogP contribution in [-0.2, 0) is 16.6 Å². The number of aryl methyl sites for hydroxylation is 1. The van der Waals surface area contributed by atoms with Gasteiger partial charge in [0.1, 0.15) is 5.82 Å². The topological polar surface area (TPSA) is 108 Å². The number of amides is 1. The lowest BCUT2D eigenvalue weighted by Gasteiger charge is -2.12. The van der Waals surface area contributed by atoms with Crippen LogP contribution in [0.25, 0.3) is 10.8 Å². The zero-order valence-corrected chi connectivity index (χ0v) is 15.2. The normalized spacial score (nSPS) is 11.0. The van der Waals surface area contributed by atoms with E-state index in [1.165, 1.54) is 7.05 Å². The van der Waals surface area contributed by atoms with E-state index in [1.807, 2.05) is 13.8 Å². The Morgan fingerprint density at radius 1 is 1.19 bits per heavy atom. The van der Waals surface area contributed by atoms with E-state index in [-0.39, 0.29) is 17.3 Å². The number of esters is 1. The standard InChI is InChI=1S/C18H19N5O4/c1-11(2)23-14(8-9-19-23)20-15(24)10-27-18(26)16-12-6-4-5-7-13(12)17(25)22(3)21-16/h4-9,11H,10H2,1-3H3,(H,20,24). The lowest BCUT2D eigenvalue weighted by atomic mass is 10.1. The molecule has 0 saturated heterocycles. The number of carbonyl (C=O) groups is 2. The molecule has 0 atom stereocenters. The molecule has 0 aliphatic carbocycles. The van der Waals surface area contributed by atoms with Gasteiger partial charge in [0.2, 0.25) is 0 Å². The summed E-state index contributed by atoms with van der Waals surface area (Å²) in [6.07, 6.45) is 1.57. The molecule has 2 heterocycles. The Morgan fingerprint density at radius 2 is 1.89 bits per heavy atom. The van der Waals surface area contributed by atoms with Crippen molar-refractivity contribution in [3.8, 4) is 0 Å². The Bertz CT molecular complexity index is 1070. The van der Waals surface area contributed by atoms with Crippen molar-refractivity contribution in [2.24, 2.45) is 7.05 Å². The highest BCUT2D eigenvalue weighted by molar-refractivity contribution is 6.03. The summed E-state index contributed by atoms with van der Waals surface area (Å²) in [6, 6.07) is 8.34. The molecule has 0 aliphatic heterocycles. The molecular formula is C18H19N5O4. The van der Waals surface area contributed by atoms with Gasteiger partial charge in [-0.1, -0.05) is 18.2 Å². The lowest BCUT2D eigenvalue weighted by molar-refractivity contribution is -0.119. The van der Waals surface area contributed by atoms with Crippen molar-refractivity contribution in [2.45, 2.75) is 19.9 Å². The molecule has 1 aromatic carbocycles. The van der Waals surface area contributed by atoms with Gasteiger partial charge in [-0.2, -0.15) is 10.2 Å². The molecule has 2 aromatic heterocycles. The highest BCUT2D eigenvalue weighted by atomic mass is 16.5. The minimum Gasteiger partial charge on any atom is -0.451 e. The van der Waals surface area contributed by atoms with E-state index in [1.54, 1.807) is 41.2 Å². The highest BCUT2D eigenvalue weighted by Crippen LogP contribution is 2.15. The quantitative estimate of drug-likeness (QED) is 0.683. The Hall–Kier alpha value is -3.49. The largest absolute Gasteiger partial charge is 0.451 e. The number of hydrogen-bond donors (Lipinski definition) is 1. The van der Waals surface area contributed by atoms with Gasteiger partial charge >= 0.3 is 5.97 Å². The smallest absolute Gasteiger partial charge is 0.359 e. The Labute approximate surface area is 154 Å². The maximum Gasteiger partial charge on any atom is 0.359 e. The van der Waals surface area contributed by atoms with Gasteiger partial charge in [-0.25, -0.2) is 14.2 Å². The van der Waals surface area contributed by atoms with Crippen LogP contribution in [0.1, 0.15) is 30.4 Å². The number of hydrogen-bond acceptors (Lipinski definition) is 6. The molecule has 0 fully saturated rings. The van der Waals surface area contributed by atoms with Gasteiger partial charge in [0, 0.05) is 24.5 Å². The fourth-order valence-corrected chi connectivity index (χ4v) is 2.65. The molecule has 0 saturated carbocycles. The zero-order valence-electron chi connectivity index (χ0n) is 15.2. The molecule has 140 valence electrons. The maximum absolute atomic E-state index is 12.4. The van der Waals surface area contributed by atoms with Gasteiger partial charge < -0.3 is 10.1 Å². The fourth-order valence-electron chi connectivity index (χ4n) is 2.65. The second-order valence-corrected chi connectivity index (χ2v) is 6.20. The van der Waals surface area contributed by atoms with Gasteiger partial charge in [0.15, 0.2) is 12.3 Å². The summed E-state index contributed by atoms with van der Waals surface area (Å²) in [7, 11) is 1.45. The molecule has 3 rings (SSSR count). The summed E-state index contributed by atoms with van der Waals surface area (Å²) in [5.74, 6) is -0.772. The third-order valence-electron chi connectivity index (χ3n) is 3.91. The van der Waals surface area contributed by atoms with Gasteiger partial charge in [0.25, 0.3) is 11.5 Å². The monoisotopic (exact) mass is 369 g/mol. The van der Waals surface area contributed by atoms with Gasteiger partial charge in [-0.05, 0) is 19.9 Å². The van der Waals surface area contributed by atoms with Crippen LogP contribution >= 0.6 is 0 Å². The van der Waals surface area contributed by atoms with Crippen LogP contribution in [0.3, 0.4) is 0 Å². The Morgan fingerprint density at radius 3 is 2.59 bits per heavy atom. The number of carbonyl (C=O) groups excluding carboxylic acids is 2. The summed E-state index contributed by atoms with van der Waals surface area (Å²) in [5.41, 5.74) is -0.338. The van der Waals surface area contributed by atoms with Crippen LogP contribution in [0.4, 0.5) is 5.82 Å². The van der Waals surface area contributed by atoms with Gasteiger partial charge in [0.05, 0.1) is 11.6 Å². The molecule has 0 bridgehead atoms. The van der Waals surface area contributed by atoms with E-state index in [0.717, 1.165) is 4.68 Å². The molecule has 3 aromatic rings. The predicted molar refractivity (Wildman–Crippen MR) is 98.5 cm³/mol. The van der Waals surface area contributed by atoms with E-state index < -0.39 is 18.5 Å². The molecule has 0 spiro atoms. The highest BCUT2D eigenvalue weighted by Gasteiger charge is 2.18. The lowest BCUT2D eigenvalue weighted by Crippen LogP contribution is -2.26. The molecule has 1 N–H and O–H groups in total. The molecule has 0 aliphatic rings. The average molecular weight is 369 g/mol. The zero-order chi connectivity index (χ0) is 19.6. The average Bonchev–Trinajstić information content (AvgIpc) is 3.11.